The molecule has 1 atom stereocenters. The smallest absolute Gasteiger partial charge is 0.142 e. The van der Waals surface area contributed by atoms with Crippen molar-refractivity contribution >= 4 is 43.5 Å². The summed E-state index contributed by atoms with van der Waals surface area (Å²) in [5, 5.41) is 0.995. The molecule has 0 heterocycles. The number of halogens is 4. The van der Waals surface area contributed by atoms with Gasteiger partial charge in [-0.1, -0.05) is 61.7 Å². The fourth-order valence-electron chi connectivity index (χ4n) is 1.97. The summed E-state index contributed by atoms with van der Waals surface area (Å²) >= 11 is 12.7. The second kappa shape index (κ2) is 6.87. The van der Waals surface area contributed by atoms with E-state index in [-0.39, 0.29) is 10.8 Å². The molecular formula is C15H12Br2ClF. The molecule has 0 bridgehead atoms. The van der Waals surface area contributed by atoms with E-state index >= 15 is 0 Å². The van der Waals surface area contributed by atoms with E-state index < -0.39 is 0 Å². The van der Waals surface area contributed by atoms with E-state index in [1.54, 1.807) is 6.07 Å². The highest BCUT2D eigenvalue weighted by molar-refractivity contribution is 9.10. The van der Waals surface area contributed by atoms with Crippen LogP contribution in [0.15, 0.2) is 46.9 Å². The molecule has 0 spiro atoms. The fraction of sp³-hybridized carbons (Fsp3) is 0.200. The van der Waals surface area contributed by atoms with E-state index in [1.807, 2.05) is 18.2 Å². The van der Waals surface area contributed by atoms with Crippen LogP contribution in [0, 0.1) is 5.82 Å². The van der Waals surface area contributed by atoms with Crippen LogP contribution in [0.5, 0.6) is 0 Å². The molecule has 100 valence electrons. The van der Waals surface area contributed by atoms with E-state index in [9.17, 15) is 4.39 Å². The Hall–Kier alpha value is -0.380. The second-order valence-corrected chi connectivity index (χ2v) is 6.33. The van der Waals surface area contributed by atoms with Crippen molar-refractivity contribution in [1.29, 1.82) is 0 Å². The maximum atomic E-state index is 13.4. The topological polar surface area (TPSA) is 0 Å². The van der Waals surface area contributed by atoms with Crippen LogP contribution in [0.4, 0.5) is 4.39 Å². The van der Waals surface area contributed by atoms with Gasteiger partial charge in [0.15, 0.2) is 0 Å². The summed E-state index contributed by atoms with van der Waals surface area (Å²) in [6.45, 7) is 0. The lowest BCUT2D eigenvalue weighted by atomic mass is 9.94. The lowest BCUT2D eigenvalue weighted by molar-refractivity contribution is 0.624. The lowest BCUT2D eigenvalue weighted by Gasteiger charge is -2.15. The number of hydrogen-bond acceptors (Lipinski definition) is 0. The molecular weight excluding hydrogens is 394 g/mol. The van der Waals surface area contributed by atoms with Gasteiger partial charge in [0.2, 0.25) is 0 Å². The number of hydrogen-bond donors (Lipinski definition) is 0. The van der Waals surface area contributed by atoms with Crippen LogP contribution in [0.1, 0.15) is 17.0 Å². The van der Waals surface area contributed by atoms with Gasteiger partial charge in [-0.3, -0.25) is 0 Å². The van der Waals surface area contributed by atoms with Crippen LogP contribution in [0.25, 0.3) is 0 Å². The molecule has 0 aliphatic rings. The number of alkyl halides is 1. The predicted molar refractivity (Wildman–Crippen MR) is 85.8 cm³/mol. The summed E-state index contributed by atoms with van der Waals surface area (Å²) in [7, 11) is 0. The van der Waals surface area contributed by atoms with Crippen molar-refractivity contribution in [2.24, 2.45) is 0 Å². The average molecular weight is 407 g/mol. The van der Waals surface area contributed by atoms with E-state index in [4.69, 9.17) is 11.6 Å². The van der Waals surface area contributed by atoms with Gasteiger partial charge < -0.3 is 0 Å². The lowest BCUT2D eigenvalue weighted by Crippen LogP contribution is -2.04. The van der Waals surface area contributed by atoms with E-state index in [2.05, 4.69) is 44.0 Å². The first-order chi connectivity index (χ1) is 9.10. The number of benzene rings is 2. The molecule has 0 fully saturated rings. The minimum Gasteiger partial charge on any atom is -0.205 e. The molecule has 2 rings (SSSR count). The van der Waals surface area contributed by atoms with Gasteiger partial charge in [-0.15, -0.1) is 0 Å². The van der Waals surface area contributed by atoms with E-state index in [0.29, 0.717) is 5.92 Å². The SMILES string of the molecule is Fc1cc(CC(CBr)c2cccc(Br)c2)ccc1Cl. The first kappa shape index (κ1) is 15.0. The third-order valence-corrected chi connectivity index (χ3v) is 4.55. The molecule has 2 aromatic carbocycles. The van der Waals surface area contributed by atoms with Gasteiger partial charge in [-0.2, -0.15) is 0 Å². The second-order valence-electron chi connectivity index (χ2n) is 4.36. The fourth-order valence-corrected chi connectivity index (χ4v) is 3.11. The van der Waals surface area contributed by atoms with Gasteiger partial charge in [0.1, 0.15) is 5.82 Å². The molecule has 1 unspecified atom stereocenters. The molecule has 0 radical (unpaired) electrons. The predicted octanol–water partition coefficient (Wildman–Crippen LogP) is 5.96. The Kier molecular flexibility index (Phi) is 5.43. The van der Waals surface area contributed by atoms with Crippen molar-refractivity contribution in [2.75, 3.05) is 5.33 Å². The Morgan fingerprint density at radius 2 is 1.95 bits per heavy atom. The summed E-state index contributed by atoms with van der Waals surface area (Å²) < 4.78 is 14.5. The molecule has 0 N–H and O–H groups in total. The Morgan fingerprint density at radius 1 is 1.16 bits per heavy atom. The average Bonchev–Trinajstić information content (AvgIpc) is 2.40. The van der Waals surface area contributed by atoms with Crippen molar-refractivity contribution < 1.29 is 4.39 Å². The molecule has 19 heavy (non-hydrogen) atoms. The number of rotatable bonds is 4. The van der Waals surface area contributed by atoms with Crippen LogP contribution < -0.4 is 0 Å². The van der Waals surface area contributed by atoms with Gasteiger partial charge in [0, 0.05) is 9.80 Å². The van der Waals surface area contributed by atoms with Crippen LogP contribution in [-0.4, -0.2) is 5.33 Å². The molecule has 0 amide bonds. The van der Waals surface area contributed by atoms with Crippen LogP contribution in [0.3, 0.4) is 0 Å². The Morgan fingerprint density at radius 3 is 2.58 bits per heavy atom. The van der Waals surface area contributed by atoms with Crippen molar-refractivity contribution in [3.05, 3.63) is 68.9 Å². The minimum absolute atomic E-state index is 0.168. The Balaban J connectivity index is 2.21. The Bertz CT molecular complexity index is 572. The summed E-state index contributed by atoms with van der Waals surface area (Å²) in [5.41, 5.74) is 2.17. The normalized spacial score (nSPS) is 12.4. The molecule has 0 nitrogen and oxygen atoms in total. The van der Waals surface area contributed by atoms with Crippen molar-refractivity contribution in [2.45, 2.75) is 12.3 Å². The zero-order valence-corrected chi connectivity index (χ0v) is 14.0. The highest BCUT2D eigenvalue weighted by Gasteiger charge is 2.12. The molecule has 0 aromatic heterocycles. The maximum absolute atomic E-state index is 13.4. The largest absolute Gasteiger partial charge is 0.205 e. The van der Waals surface area contributed by atoms with Gasteiger partial charge in [-0.05, 0) is 47.7 Å². The monoisotopic (exact) mass is 404 g/mol. The standard InChI is InChI=1S/C15H12Br2ClF/c16-9-12(11-2-1-3-13(17)8-11)6-10-4-5-14(18)15(19)7-10/h1-5,7-8,12H,6,9H2. The molecule has 4 heteroatoms. The summed E-state index contributed by atoms with van der Waals surface area (Å²) in [5.74, 6) is -0.0557. The molecule has 0 aliphatic heterocycles. The first-order valence-corrected chi connectivity index (χ1v) is 8.14. The van der Waals surface area contributed by atoms with E-state index in [0.717, 1.165) is 21.8 Å². The van der Waals surface area contributed by atoms with Gasteiger partial charge in [0.25, 0.3) is 0 Å². The zero-order valence-electron chi connectivity index (χ0n) is 10.0. The summed E-state index contributed by atoms with van der Waals surface area (Å²) in [4.78, 5) is 0. The molecule has 0 saturated carbocycles. The van der Waals surface area contributed by atoms with Crippen LogP contribution >= 0.6 is 43.5 Å². The van der Waals surface area contributed by atoms with Gasteiger partial charge >= 0.3 is 0 Å². The summed E-state index contributed by atoms with van der Waals surface area (Å²) in [6.07, 6.45) is 0.774. The van der Waals surface area contributed by atoms with Gasteiger partial charge in [0.05, 0.1) is 5.02 Å². The molecule has 0 aliphatic carbocycles. The third kappa shape index (κ3) is 4.04. The van der Waals surface area contributed by atoms with E-state index in [1.165, 1.54) is 11.6 Å². The summed E-state index contributed by atoms with van der Waals surface area (Å²) in [6, 6.07) is 13.2. The highest BCUT2D eigenvalue weighted by atomic mass is 79.9. The van der Waals surface area contributed by atoms with Crippen molar-refractivity contribution in [3.63, 3.8) is 0 Å². The van der Waals surface area contributed by atoms with Crippen LogP contribution in [-0.2, 0) is 6.42 Å². The highest BCUT2D eigenvalue weighted by Crippen LogP contribution is 2.26. The third-order valence-electron chi connectivity index (χ3n) is 2.97. The molecule has 2 aromatic rings. The van der Waals surface area contributed by atoms with Crippen molar-refractivity contribution in [1.82, 2.24) is 0 Å². The van der Waals surface area contributed by atoms with Crippen LogP contribution in [0.2, 0.25) is 5.02 Å². The molecule has 0 saturated heterocycles. The zero-order chi connectivity index (χ0) is 13.8. The first-order valence-electron chi connectivity index (χ1n) is 5.85. The minimum atomic E-state index is -0.360. The quantitative estimate of drug-likeness (QED) is 0.550. The van der Waals surface area contributed by atoms with Gasteiger partial charge in [-0.25, -0.2) is 4.39 Å². The van der Waals surface area contributed by atoms with Crippen molar-refractivity contribution in [3.8, 4) is 0 Å². The maximum Gasteiger partial charge on any atom is 0.142 e. The Labute approximate surface area is 134 Å².